The third kappa shape index (κ3) is 3.97. The minimum Gasteiger partial charge on any atom is -0.366 e. The van der Waals surface area contributed by atoms with Crippen LogP contribution in [0, 0.1) is 0 Å². The van der Waals surface area contributed by atoms with E-state index >= 15 is 0 Å². The van der Waals surface area contributed by atoms with Crippen molar-refractivity contribution in [2.24, 2.45) is 5.73 Å². The summed E-state index contributed by atoms with van der Waals surface area (Å²) < 4.78 is 2.20. The maximum absolute atomic E-state index is 12.5. The summed E-state index contributed by atoms with van der Waals surface area (Å²) in [4.78, 5) is 39.8. The Morgan fingerprint density at radius 2 is 1.88 bits per heavy atom. The molecule has 3 aromatic rings. The van der Waals surface area contributed by atoms with Gasteiger partial charge in [-0.1, -0.05) is 15.9 Å². The van der Waals surface area contributed by atoms with Crippen molar-refractivity contribution >= 4 is 44.3 Å². The molecule has 0 unspecified atom stereocenters. The van der Waals surface area contributed by atoms with E-state index in [0.717, 1.165) is 4.47 Å². The number of anilines is 1. The minimum absolute atomic E-state index is 0.110. The molecule has 0 radical (unpaired) electrons. The average molecular weight is 415 g/mol. The first-order valence-corrected chi connectivity index (χ1v) is 8.58. The molecule has 0 aliphatic heterocycles. The van der Waals surface area contributed by atoms with E-state index < -0.39 is 5.91 Å². The number of aryl methyl sites for hydroxylation is 1. The molecule has 0 atom stereocenters. The zero-order chi connectivity index (χ0) is 18.7. The molecular formula is C18H15BrN4O3. The quantitative estimate of drug-likeness (QED) is 0.667. The second-order valence-corrected chi connectivity index (χ2v) is 6.56. The van der Waals surface area contributed by atoms with Crippen molar-refractivity contribution in [2.45, 2.75) is 13.0 Å². The molecule has 0 fully saturated rings. The molecule has 3 rings (SSSR count). The van der Waals surface area contributed by atoms with Crippen LogP contribution in [0.15, 0.2) is 58.1 Å². The van der Waals surface area contributed by atoms with Crippen LogP contribution in [0.2, 0.25) is 0 Å². The molecule has 26 heavy (non-hydrogen) atoms. The number of nitrogens with two attached hydrogens (primary N) is 1. The largest absolute Gasteiger partial charge is 0.366 e. The van der Waals surface area contributed by atoms with Crippen LogP contribution in [0.5, 0.6) is 0 Å². The summed E-state index contributed by atoms with van der Waals surface area (Å²) in [6.45, 7) is 0.208. The van der Waals surface area contributed by atoms with Crippen LogP contribution < -0.4 is 16.6 Å². The molecule has 8 heteroatoms. The highest BCUT2D eigenvalue weighted by atomic mass is 79.9. The van der Waals surface area contributed by atoms with Crippen molar-refractivity contribution in [2.75, 3.05) is 5.32 Å². The fraction of sp³-hybridized carbons (Fsp3) is 0.111. The number of carbonyl (C=O) groups excluding carboxylic acids is 2. The van der Waals surface area contributed by atoms with Crippen LogP contribution >= 0.6 is 15.9 Å². The van der Waals surface area contributed by atoms with Gasteiger partial charge in [0.2, 0.25) is 11.8 Å². The smallest absolute Gasteiger partial charge is 0.261 e. The molecule has 0 aliphatic rings. The van der Waals surface area contributed by atoms with E-state index in [1.807, 2.05) is 6.07 Å². The first kappa shape index (κ1) is 17.8. The van der Waals surface area contributed by atoms with Crippen molar-refractivity contribution in [3.8, 4) is 0 Å². The van der Waals surface area contributed by atoms with E-state index in [1.54, 1.807) is 24.3 Å². The lowest BCUT2D eigenvalue weighted by Gasteiger charge is -2.08. The first-order valence-electron chi connectivity index (χ1n) is 7.78. The highest BCUT2D eigenvalue weighted by Gasteiger charge is 2.08. The van der Waals surface area contributed by atoms with Crippen LogP contribution in [0.1, 0.15) is 16.8 Å². The van der Waals surface area contributed by atoms with Gasteiger partial charge in [0.05, 0.1) is 17.2 Å². The van der Waals surface area contributed by atoms with Gasteiger partial charge in [0, 0.05) is 28.7 Å². The van der Waals surface area contributed by atoms with Crippen LogP contribution in [0.4, 0.5) is 5.69 Å². The second kappa shape index (κ2) is 7.49. The van der Waals surface area contributed by atoms with E-state index in [0.29, 0.717) is 22.2 Å². The fourth-order valence-corrected chi connectivity index (χ4v) is 2.81. The number of benzene rings is 2. The van der Waals surface area contributed by atoms with Gasteiger partial charge in [-0.25, -0.2) is 4.98 Å². The fourth-order valence-electron chi connectivity index (χ4n) is 2.45. The van der Waals surface area contributed by atoms with Gasteiger partial charge in [0.25, 0.3) is 5.56 Å². The highest BCUT2D eigenvalue weighted by molar-refractivity contribution is 9.10. The van der Waals surface area contributed by atoms with Crippen molar-refractivity contribution < 1.29 is 9.59 Å². The maximum atomic E-state index is 12.5. The number of nitrogens with zero attached hydrogens (tertiary/aromatic N) is 2. The van der Waals surface area contributed by atoms with Crippen molar-refractivity contribution in [1.82, 2.24) is 9.55 Å². The average Bonchev–Trinajstić information content (AvgIpc) is 2.62. The molecule has 2 amide bonds. The monoisotopic (exact) mass is 414 g/mol. The van der Waals surface area contributed by atoms with Crippen LogP contribution in [0.3, 0.4) is 0 Å². The number of hydrogen-bond donors (Lipinski definition) is 2. The minimum atomic E-state index is -0.530. The first-order chi connectivity index (χ1) is 12.4. The molecule has 1 heterocycles. The maximum Gasteiger partial charge on any atom is 0.261 e. The third-order valence-electron chi connectivity index (χ3n) is 3.82. The number of aromatic nitrogens is 2. The summed E-state index contributed by atoms with van der Waals surface area (Å²) in [6, 6.07) is 11.5. The molecule has 132 valence electrons. The van der Waals surface area contributed by atoms with Crippen LogP contribution in [-0.2, 0) is 11.3 Å². The van der Waals surface area contributed by atoms with Gasteiger partial charge in [0.1, 0.15) is 0 Å². The summed E-state index contributed by atoms with van der Waals surface area (Å²) in [5.74, 6) is -0.782. The number of hydrogen-bond acceptors (Lipinski definition) is 4. The van der Waals surface area contributed by atoms with Crippen molar-refractivity contribution in [3.63, 3.8) is 0 Å². The molecule has 0 spiro atoms. The molecule has 0 bridgehead atoms. The standard InChI is InChI=1S/C18H15BrN4O3/c19-12-3-6-15-14(9-12)18(26)23(10-21-15)8-7-16(24)22-13-4-1-11(2-5-13)17(20)25/h1-6,9-10H,7-8H2,(H2,20,25)(H,22,24). The van der Waals surface area contributed by atoms with Crippen molar-refractivity contribution in [1.29, 1.82) is 0 Å². The lowest BCUT2D eigenvalue weighted by Crippen LogP contribution is -2.23. The Labute approximate surface area is 157 Å². The summed E-state index contributed by atoms with van der Waals surface area (Å²) in [7, 11) is 0. The van der Waals surface area contributed by atoms with Crippen LogP contribution in [0.25, 0.3) is 10.9 Å². The van der Waals surface area contributed by atoms with E-state index in [2.05, 4.69) is 26.2 Å². The number of fused-ring (bicyclic) bond motifs is 1. The zero-order valence-electron chi connectivity index (χ0n) is 13.6. The van der Waals surface area contributed by atoms with Gasteiger partial charge in [0.15, 0.2) is 0 Å². The van der Waals surface area contributed by atoms with E-state index in [-0.39, 0.29) is 24.4 Å². The molecular weight excluding hydrogens is 400 g/mol. The zero-order valence-corrected chi connectivity index (χ0v) is 15.2. The van der Waals surface area contributed by atoms with Gasteiger partial charge in [-0.2, -0.15) is 0 Å². The molecule has 0 aliphatic carbocycles. The highest BCUT2D eigenvalue weighted by Crippen LogP contribution is 2.15. The summed E-state index contributed by atoms with van der Waals surface area (Å²) >= 11 is 3.34. The van der Waals surface area contributed by atoms with E-state index in [1.165, 1.54) is 23.0 Å². The Morgan fingerprint density at radius 3 is 2.58 bits per heavy atom. The molecule has 0 saturated carbocycles. The lowest BCUT2D eigenvalue weighted by atomic mass is 10.2. The summed E-state index contributed by atoms with van der Waals surface area (Å²) in [6.07, 6.45) is 1.55. The predicted octanol–water partition coefficient (Wildman–Crippen LogP) is 2.29. The molecule has 2 aromatic carbocycles. The normalized spacial score (nSPS) is 10.7. The van der Waals surface area contributed by atoms with E-state index in [9.17, 15) is 14.4 Å². The topological polar surface area (TPSA) is 107 Å². The molecule has 3 N–H and O–H groups in total. The number of amides is 2. The number of primary amides is 1. The Hall–Kier alpha value is -3.00. The lowest BCUT2D eigenvalue weighted by molar-refractivity contribution is -0.116. The number of rotatable bonds is 5. The number of carbonyl (C=O) groups is 2. The van der Waals surface area contributed by atoms with E-state index in [4.69, 9.17) is 5.73 Å². The second-order valence-electron chi connectivity index (χ2n) is 5.64. The Balaban J connectivity index is 1.67. The SMILES string of the molecule is NC(=O)c1ccc(NC(=O)CCn2cnc3ccc(Br)cc3c2=O)cc1. The summed E-state index contributed by atoms with van der Waals surface area (Å²) in [5.41, 5.74) is 6.49. The predicted molar refractivity (Wildman–Crippen MR) is 102 cm³/mol. The van der Waals surface area contributed by atoms with Crippen molar-refractivity contribution in [3.05, 3.63) is 69.2 Å². The van der Waals surface area contributed by atoms with Gasteiger partial charge in [-0.05, 0) is 42.5 Å². The molecule has 7 nitrogen and oxygen atoms in total. The number of halogens is 1. The van der Waals surface area contributed by atoms with Gasteiger partial charge >= 0.3 is 0 Å². The van der Waals surface area contributed by atoms with Gasteiger partial charge in [-0.15, -0.1) is 0 Å². The number of nitrogens with one attached hydrogen (secondary N) is 1. The molecule has 0 saturated heterocycles. The summed E-state index contributed by atoms with van der Waals surface area (Å²) in [5, 5.41) is 3.20. The molecule has 1 aromatic heterocycles. The third-order valence-corrected chi connectivity index (χ3v) is 4.31. The Bertz CT molecular complexity index is 1040. The van der Waals surface area contributed by atoms with Gasteiger partial charge < -0.3 is 11.1 Å². The van der Waals surface area contributed by atoms with Gasteiger partial charge in [-0.3, -0.25) is 19.0 Å². The Morgan fingerprint density at radius 1 is 1.15 bits per heavy atom. The van der Waals surface area contributed by atoms with Crippen LogP contribution in [-0.4, -0.2) is 21.4 Å². The Kier molecular flexibility index (Phi) is 5.13.